The third kappa shape index (κ3) is 4.84. The number of carbonyl (C=O) groups excluding carboxylic acids is 2. The summed E-state index contributed by atoms with van der Waals surface area (Å²) in [5.74, 6) is -0.335. The standard InChI is InChI=1S/C11H13NO3S/c1-15-11(14)7-12-10(13)8-16-9-5-3-2-4-6-9/h2-6H,7-8H2,1H3,(H,12,13). The van der Waals surface area contributed by atoms with Crippen molar-refractivity contribution in [3.63, 3.8) is 0 Å². The van der Waals surface area contributed by atoms with Gasteiger partial charge in [-0.2, -0.15) is 0 Å². The predicted molar refractivity (Wildman–Crippen MR) is 62.2 cm³/mol. The number of thioether (sulfide) groups is 1. The van der Waals surface area contributed by atoms with Gasteiger partial charge in [0, 0.05) is 4.90 Å². The zero-order chi connectivity index (χ0) is 11.8. The summed E-state index contributed by atoms with van der Waals surface area (Å²) in [6.45, 7) is -0.0787. The number of nitrogens with one attached hydrogen (secondary N) is 1. The lowest BCUT2D eigenvalue weighted by molar-refractivity contribution is -0.140. The second-order valence-corrected chi connectivity index (χ2v) is 4.00. The average molecular weight is 239 g/mol. The molecule has 1 rings (SSSR count). The quantitative estimate of drug-likeness (QED) is 0.617. The molecule has 1 aromatic carbocycles. The van der Waals surface area contributed by atoms with Gasteiger partial charge in [0.1, 0.15) is 6.54 Å². The first-order chi connectivity index (χ1) is 7.72. The SMILES string of the molecule is COC(=O)CNC(=O)CSc1ccccc1. The molecule has 0 radical (unpaired) electrons. The maximum atomic E-state index is 11.3. The normalized spacial score (nSPS) is 9.56. The number of esters is 1. The monoisotopic (exact) mass is 239 g/mol. The summed E-state index contributed by atoms with van der Waals surface area (Å²) >= 11 is 1.42. The second-order valence-electron chi connectivity index (χ2n) is 2.95. The molecule has 0 aliphatic heterocycles. The maximum absolute atomic E-state index is 11.3. The number of rotatable bonds is 5. The molecule has 0 saturated carbocycles. The van der Waals surface area contributed by atoms with Gasteiger partial charge in [-0.15, -0.1) is 11.8 Å². The smallest absolute Gasteiger partial charge is 0.325 e. The van der Waals surface area contributed by atoms with Crippen molar-refractivity contribution in [2.75, 3.05) is 19.4 Å². The molecule has 0 heterocycles. The van der Waals surface area contributed by atoms with E-state index in [1.54, 1.807) is 0 Å². The zero-order valence-corrected chi connectivity index (χ0v) is 9.75. The summed E-state index contributed by atoms with van der Waals surface area (Å²) in [7, 11) is 1.28. The minimum atomic E-state index is -0.446. The van der Waals surface area contributed by atoms with E-state index in [-0.39, 0.29) is 12.5 Å². The summed E-state index contributed by atoms with van der Waals surface area (Å²) < 4.78 is 4.40. The van der Waals surface area contributed by atoms with Gasteiger partial charge in [-0.25, -0.2) is 0 Å². The molecule has 1 N–H and O–H groups in total. The Morgan fingerprint density at radius 1 is 1.31 bits per heavy atom. The maximum Gasteiger partial charge on any atom is 0.325 e. The van der Waals surface area contributed by atoms with Crippen molar-refractivity contribution in [2.24, 2.45) is 0 Å². The van der Waals surface area contributed by atoms with Gasteiger partial charge >= 0.3 is 5.97 Å². The van der Waals surface area contributed by atoms with E-state index in [1.165, 1.54) is 18.9 Å². The molecule has 5 heteroatoms. The molecule has 0 bridgehead atoms. The molecule has 0 fully saturated rings. The first kappa shape index (κ1) is 12.6. The van der Waals surface area contributed by atoms with E-state index < -0.39 is 5.97 Å². The molecular formula is C11H13NO3S. The summed E-state index contributed by atoms with van der Waals surface area (Å²) in [6, 6.07) is 9.60. The Bertz CT molecular complexity index is 354. The number of ether oxygens (including phenoxy) is 1. The first-order valence-corrected chi connectivity index (χ1v) is 5.72. The van der Waals surface area contributed by atoms with Gasteiger partial charge in [-0.3, -0.25) is 9.59 Å². The van der Waals surface area contributed by atoms with Crippen LogP contribution in [0.3, 0.4) is 0 Å². The number of benzene rings is 1. The van der Waals surface area contributed by atoms with Crippen LogP contribution in [-0.2, 0) is 14.3 Å². The van der Waals surface area contributed by atoms with E-state index in [0.717, 1.165) is 4.90 Å². The van der Waals surface area contributed by atoms with E-state index in [9.17, 15) is 9.59 Å². The van der Waals surface area contributed by atoms with Crippen molar-refractivity contribution in [3.8, 4) is 0 Å². The molecule has 1 aromatic rings. The molecule has 0 aromatic heterocycles. The minimum absolute atomic E-state index is 0.0787. The molecule has 0 unspecified atom stereocenters. The van der Waals surface area contributed by atoms with Crippen LogP contribution in [0.25, 0.3) is 0 Å². The van der Waals surface area contributed by atoms with Crippen molar-refractivity contribution in [1.29, 1.82) is 0 Å². The number of hydrogen-bond donors (Lipinski definition) is 1. The van der Waals surface area contributed by atoms with Gasteiger partial charge in [0.15, 0.2) is 0 Å². The molecule has 86 valence electrons. The third-order valence-corrected chi connectivity index (χ3v) is 2.78. The van der Waals surface area contributed by atoms with Gasteiger partial charge < -0.3 is 10.1 Å². The lowest BCUT2D eigenvalue weighted by Gasteiger charge is -2.03. The first-order valence-electron chi connectivity index (χ1n) is 4.73. The fourth-order valence-electron chi connectivity index (χ4n) is 0.960. The summed E-state index contributed by atoms with van der Waals surface area (Å²) in [5.41, 5.74) is 0. The van der Waals surface area contributed by atoms with E-state index >= 15 is 0 Å². The molecule has 0 aliphatic rings. The van der Waals surface area contributed by atoms with Crippen LogP contribution in [0.5, 0.6) is 0 Å². The zero-order valence-electron chi connectivity index (χ0n) is 8.93. The molecule has 16 heavy (non-hydrogen) atoms. The van der Waals surface area contributed by atoms with Crippen molar-refractivity contribution in [1.82, 2.24) is 5.32 Å². The number of amides is 1. The Hall–Kier alpha value is -1.49. The van der Waals surface area contributed by atoms with Crippen LogP contribution in [0.15, 0.2) is 35.2 Å². The Morgan fingerprint density at radius 3 is 2.62 bits per heavy atom. The molecule has 0 saturated heterocycles. The van der Waals surface area contributed by atoms with Crippen molar-refractivity contribution in [3.05, 3.63) is 30.3 Å². The summed E-state index contributed by atoms with van der Waals surface area (Å²) in [5, 5.41) is 2.47. The Labute approximate surface area is 98.4 Å². The lowest BCUT2D eigenvalue weighted by Crippen LogP contribution is -2.31. The fourth-order valence-corrected chi connectivity index (χ4v) is 1.71. The largest absolute Gasteiger partial charge is 0.468 e. The van der Waals surface area contributed by atoms with Gasteiger partial charge in [0.05, 0.1) is 12.9 Å². The van der Waals surface area contributed by atoms with Crippen LogP contribution in [0, 0.1) is 0 Å². The number of methoxy groups -OCH3 is 1. The molecule has 0 aliphatic carbocycles. The highest BCUT2D eigenvalue weighted by Crippen LogP contribution is 2.15. The molecular weight excluding hydrogens is 226 g/mol. The van der Waals surface area contributed by atoms with E-state index in [2.05, 4.69) is 10.1 Å². The summed E-state index contributed by atoms with van der Waals surface area (Å²) in [4.78, 5) is 23.1. The van der Waals surface area contributed by atoms with E-state index in [0.29, 0.717) is 5.75 Å². The van der Waals surface area contributed by atoms with Crippen molar-refractivity contribution >= 4 is 23.6 Å². The molecule has 0 atom stereocenters. The third-order valence-electron chi connectivity index (χ3n) is 1.77. The number of hydrogen-bond acceptors (Lipinski definition) is 4. The highest BCUT2D eigenvalue weighted by atomic mass is 32.2. The lowest BCUT2D eigenvalue weighted by atomic mass is 10.4. The molecule has 1 amide bonds. The Kier molecular flexibility index (Phi) is 5.42. The highest BCUT2D eigenvalue weighted by Gasteiger charge is 2.05. The van der Waals surface area contributed by atoms with Gasteiger partial charge in [-0.1, -0.05) is 18.2 Å². The van der Waals surface area contributed by atoms with Crippen molar-refractivity contribution in [2.45, 2.75) is 4.90 Å². The van der Waals surface area contributed by atoms with Crippen LogP contribution in [-0.4, -0.2) is 31.3 Å². The van der Waals surface area contributed by atoms with Gasteiger partial charge in [0.25, 0.3) is 0 Å². The van der Waals surface area contributed by atoms with Gasteiger partial charge in [0.2, 0.25) is 5.91 Å². The Morgan fingerprint density at radius 2 is 2.00 bits per heavy atom. The van der Waals surface area contributed by atoms with Crippen LogP contribution < -0.4 is 5.32 Å². The fraction of sp³-hybridized carbons (Fsp3) is 0.273. The second kappa shape index (κ2) is 6.90. The van der Waals surface area contributed by atoms with Gasteiger partial charge in [-0.05, 0) is 12.1 Å². The molecule has 4 nitrogen and oxygen atoms in total. The van der Waals surface area contributed by atoms with Crippen molar-refractivity contribution < 1.29 is 14.3 Å². The topological polar surface area (TPSA) is 55.4 Å². The van der Waals surface area contributed by atoms with E-state index in [4.69, 9.17) is 0 Å². The van der Waals surface area contributed by atoms with Crippen LogP contribution >= 0.6 is 11.8 Å². The number of carbonyl (C=O) groups is 2. The van der Waals surface area contributed by atoms with E-state index in [1.807, 2.05) is 30.3 Å². The van der Waals surface area contributed by atoms with Crippen LogP contribution in [0.2, 0.25) is 0 Å². The highest BCUT2D eigenvalue weighted by molar-refractivity contribution is 8.00. The molecule has 0 spiro atoms. The minimum Gasteiger partial charge on any atom is -0.468 e. The average Bonchev–Trinajstić information content (AvgIpc) is 2.34. The van der Waals surface area contributed by atoms with Crippen LogP contribution in [0.4, 0.5) is 0 Å². The van der Waals surface area contributed by atoms with Crippen LogP contribution in [0.1, 0.15) is 0 Å². The predicted octanol–water partition coefficient (Wildman–Crippen LogP) is 1.07. The summed E-state index contributed by atoms with van der Waals surface area (Å²) in [6.07, 6.45) is 0. The Balaban J connectivity index is 2.23.